The molecule has 1 heterocycles. The van der Waals surface area contributed by atoms with Crippen LogP contribution >= 0.6 is 0 Å². The average Bonchev–Trinajstić information content (AvgIpc) is 2.54. The quantitative estimate of drug-likeness (QED) is 0.772. The van der Waals surface area contributed by atoms with E-state index >= 15 is 0 Å². The van der Waals surface area contributed by atoms with Crippen LogP contribution in [0.1, 0.15) is 45.1 Å². The number of allylic oxidation sites excluding steroid dienone is 2. The van der Waals surface area contributed by atoms with Gasteiger partial charge in [-0.3, -0.25) is 4.18 Å². The van der Waals surface area contributed by atoms with Gasteiger partial charge >= 0.3 is 10.3 Å². The van der Waals surface area contributed by atoms with Crippen LogP contribution in [0.15, 0.2) is 35.4 Å². The maximum absolute atomic E-state index is 11.5. The van der Waals surface area contributed by atoms with Crippen LogP contribution in [-0.2, 0) is 14.5 Å². The Balaban J connectivity index is 1.82. The molecule has 7 heteroatoms. The van der Waals surface area contributed by atoms with Gasteiger partial charge < -0.3 is 10.5 Å². The molecule has 1 aromatic carbocycles. The molecular formula is C19H24N2O4S. The third kappa shape index (κ3) is 2.74. The summed E-state index contributed by atoms with van der Waals surface area (Å²) in [4.78, 5) is 0. The van der Waals surface area contributed by atoms with Crippen molar-refractivity contribution < 1.29 is 17.3 Å². The van der Waals surface area contributed by atoms with Crippen molar-refractivity contribution in [3.8, 4) is 5.75 Å². The van der Waals surface area contributed by atoms with Crippen molar-refractivity contribution in [1.29, 1.82) is 0 Å². The largest absolute Gasteiger partial charge is 0.485 e. The predicted molar refractivity (Wildman–Crippen MR) is 101 cm³/mol. The van der Waals surface area contributed by atoms with E-state index < -0.39 is 21.8 Å². The molecule has 2 aliphatic carbocycles. The molecule has 6 nitrogen and oxygen atoms in total. The molecule has 3 aliphatic rings. The van der Waals surface area contributed by atoms with Gasteiger partial charge in [0, 0.05) is 22.7 Å². The van der Waals surface area contributed by atoms with Gasteiger partial charge in [0.1, 0.15) is 11.9 Å². The average molecular weight is 376 g/mol. The second-order valence-corrected chi connectivity index (χ2v) is 8.78. The number of ether oxygens (including phenoxy) is 1. The molecule has 0 amide bonds. The highest BCUT2D eigenvalue weighted by Gasteiger charge is 2.48. The monoisotopic (exact) mass is 376 g/mol. The van der Waals surface area contributed by atoms with Crippen molar-refractivity contribution in [2.24, 2.45) is 10.6 Å². The molecule has 0 saturated carbocycles. The van der Waals surface area contributed by atoms with Crippen molar-refractivity contribution in [2.45, 2.75) is 51.7 Å². The van der Waals surface area contributed by atoms with E-state index in [0.717, 1.165) is 41.7 Å². The lowest BCUT2D eigenvalue weighted by molar-refractivity contribution is 0.0682. The van der Waals surface area contributed by atoms with E-state index in [-0.39, 0.29) is 6.10 Å². The van der Waals surface area contributed by atoms with Gasteiger partial charge in [0.2, 0.25) is 0 Å². The Bertz CT molecular complexity index is 935. The van der Waals surface area contributed by atoms with Gasteiger partial charge in [-0.1, -0.05) is 13.0 Å². The summed E-state index contributed by atoms with van der Waals surface area (Å²) in [7, 11) is -4.00. The second kappa shape index (κ2) is 5.84. The molecule has 0 fully saturated rings. The molecule has 0 bridgehead atoms. The molecule has 1 aliphatic heterocycles. The molecular weight excluding hydrogens is 352 g/mol. The molecule has 4 rings (SSSR count). The van der Waals surface area contributed by atoms with Gasteiger partial charge in [0.05, 0.1) is 6.10 Å². The van der Waals surface area contributed by atoms with Crippen LogP contribution in [0.2, 0.25) is 0 Å². The first kappa shape index (κ1) is 17.6. The minimum Gasteiger partial charge on any atom is -0.485 e. The predicted octanol–water partition coefficient (Wildman–Crippen LogP) is 2.91. The van der Waals surface area contributed by atoms with Crippen LogP contribution in [0.5, 0.6) is 5.75 Å². The standard InChI is InChI=1S/C19H24N2O4S/c1-11-18-14(13-7-6-12(20)10-16(13)24-11)8-9-19(2)15(18)4-3-5-17(19)25-26(21,22)23/h4,6-7,10-11,17H,3,5,8-9,20H2,1-2H3,(H2,21,22,23)/t11-,17+,19+/m1/s1. The fraction of sp³-hybridized carbons (Fsp3) is 0.474. The first-order valence-corrected chi connectivity index (χ1v) is 10.4. The summed E-state index contributed by atoms with van der Waals surface area (Å²) >= 11 is 0. The van der Waals surface area contributed by atoms with E-state index in [0.29, 0.717) is 12.1 Å². The molecule has 0 unspecified atom stereocenters. The highest BCUT2D eigenvalue weighted by atomic mass is 32.2. The van der Waals surface area contributed by atoms with E-state index in [4.69, 9.17) is 19.8 Å². The lowest BCUT2D eigenvalue weighted by Crippen LogP contribution is -2.45. The van der Waals surface area contributed by atoms with Crippen molar-refractivity contribution in [2.75, 3.05) is 5.73 Å². The summed E-state index contributed by atoms with van der Waals surface area (Å²) < 4.78 is 34.5. The SMILES string of the molecule is C[C@H]1Oc2cc(N)ccc2C2=C1C1=CCC[C@H](OS(N)(=O)=O)[C@@]1(C)CC2. The Hall–Kier alpha value is -1.83. The summed E-state index contributed by atoms with van der Waals surface area (Å²) in [5.41, 5.74) is 10.8. The Morgan fingerprint density at radius 2 is 2.12 bits per heavy atom. The fourth-order valence-corrected chi connectivity index (χ4v) is 5.33. The number of nitrogens with two attached hydrogens (primary N) is 2. The summed E-state index contributed by atoms with van der Waals surface area (Å²) in [6.45, 7) is 4.10. The van der Waals surface area contributed by atoms with Crippen LogP contribution < -0.4 is 15.6 Å². The third-order valence-electron chi connectivity index (χ3n) is 5.90. The van der Waals surface area contributed by atoms with Gasteiger partial charge in [-0.2, -0.15) is 8.42 Å². The first-order valence-electron chi connectivity index (χ1n) is 8.90. The zero-order chi connectivity index (χ0) is 18.7. The van der Waals surface area contributed by atoms with Gasteiger partial charge in [0.25, 0.3) is 0 Å². The van der Waals surface area contributed by atoms with Crippen LogP contribution in [0, 0.1) is 5.41 Å². The Labute approximate surface area is 154 Å². The maximum atomic E-state index is 11.5. The molecule has 3 atom stereocenters. The Morgan fingerprint density at radius 1 is 1.35 bits per heavy atom. The Kier molecular flexibility index (Phi) is 3.95. The summed E-state index contributed by atoms with van der Waals surface area (Å²) in [6, 6.07) is 5.76. The number of rotatable bonds is 2. The number of fused-ring (bicyclic) bond motifs is 4. The number of hydrogen-bond acceptors (Lipinski definition) is 5. The number of benzene rings is 1. The van der Waals surface area contributed by atoms with Crippen LogP contribution in [-0.4, -0.2) is 20.6 Å². The van der Waals surface area contributed by atoms with Crippen LogP contribution in [0.25, 0.3) is 5.57 Å². The first-order chi connectivity index (χ1) is 12.2. The highest BCUT2D eigenvalue weighted by Crippen LogP contribution is 2.56. The zero-order valence-corrected chi connectivity index (χ0v) is 15.8. The third-order valence-corrected chi connectivity index (χ3v) is 6.40. The van der Waals surface area contributed by atoms with Crippen molar-refractivity contribution in [1.82, 2.24) is 0 Å². The molecule has 4 N–H and O–H groups in total. The summed E-state index contributed by atoms with van der Waals surface area (Å²) in [6.07, 6.45) is 4.65. The molecule has 0 aromatic heterocycles. The van der Waals surface area contributed by atoms with E-state index in [9.17, 15) is 8.42 Å². The summed E-state index contributed by atoms with van der Waals surface area (Å²) in [5.74, 6) is 0.814. The topological polar surface area (TPSA) is 105 Å². The van der Waals surface area contributed by atoms with Crippen molar-refractivity contribution >= 4 is 21.6 Å². The van der Waals surface area contributed by atoms with Gasteiger partial charge in [-0.25, -0.2) is 5.14 Å². The van der Waals surface area contributed by atoms with E-state index in [2.05, 4.69) is 13.0 Å². The number of nitrogen functional groups attached to an aromatic ring is 1. The molecule has 1 aromatic rings. The highest BCUT2D eigenvalue weighted by molar-refractivity contribution is 7.84. The van der Waals surface area contributed by atoms with E-state index in [1.807, 2.05) is 25.1 Å². The van der Waals surface area contributed by atoms with E-state index in [1.54, 1.807) is 0 Å². The zero-order valence-electron chi connectivity index (χ0n) is 15.0. The maximum Gasteiger partial charge on any atom is 0.333 e. The van der Waals surface area contributed by atoms with Crippen LogP contribution in [0.4, 0.5) is 5.69 Å². The van der Waals surface area contributed by atoms with Gasteiger partial charge in [-0.15, -0.1) is 0 Å². The molecule has 0 saturated heterocycles. The molecule has 140 valence electrons. The van der Waals surface area contributed by atoms with Gasteiger partial charge in [0.15, 0.2) is 0 Å². The lowest BCUT2D eigenvalue weighted by atomic mass is 9.61. The minimum absolute atomic E-state index is 0.126. The van der Waals surface area contributed by atoms with Gasteiger partial charge in [-0.05, 0) is 61.5 Å². The number of anilines is 1. The molecule has 0 spiro atoms. The van der Waals surface area contributed by atoms with Crippen molar-refractivity contribution in [3.05, 3.63) is 41.0 Å². The normalized spacial score (nSPS) is 30.7. The number of hydrogen-bond donors (Lipinski definition) is 2. The lowest BCUT2D eigenvalue weighted by Gasteiger charge is -2.48. The van der Waals surface area contributed by atoms with Crippen molar-refractivity contribution in [3.63, 3.8) is 0 Å². The Morgan fingerprint density at radius 3 is 2.85 bits per heavy atom. The molecule has 0 radical (unpaired) electrons. The smallest absolute Gasteiger partial charge is 0.333 e. The second-order valence-electron chi connectivity index (χ2n) is 7.60. The van der Waals surface area contributed by atoms with Crippen LogP contribution in [0.3, 0.4) is 0 Å². The molecule has 26 heavy (non-hydrogen) atoms. The summed E-state index contributed by atoms with van der Waals surface area (Å²) in [5, 5.41) is 5.17. The minimum atomic E-state index is -4.00. The van der Waals surface area contributed by atoms with E-state index in [1.165, 1.54) is 5.57 Å². The fourth-order valence-electron chi connectivity index (χ4n) is 4.69.